The minimum absolute atomic E-state index is 0.155. The molecule has 19 heavy (non-hydrogen) atoms. The Morgan fingerprint density at radius 1 is 1.53 bits per heavy atom. The molecule has 1 N–H and O–H groups in total. The third-order valence-corrected chi connectivity index (χ3v) is 4.77. The SMILES string of the molecule is CNC(c1cnnn1C)C1(N(C)C)CCCC(C)C1. The molecule has 0 aromatic carbocycles. The highest BCUT2D eigenvalue weighted by atomic mass is 15.4. The van der Waals surface area contributed by atoms with Gasteiger partial charge in [0.25, 0.3) is 0 Å². The van der Waals surface area contributed by atoms with Crippen LogP contribution < -0.4 is 5.32 Å². The van der Waals surface area contributed by atoms with E-state index in [0.29, 0.717) is 0 Å². The summed E-state index contributed by atoms with van der Waals surface area (Å²) in [6.07, 6.45) is 6.97. The van der Waals surface area contributed by atoms with Gasteiger partial charge in [0.15, 0.2) is 0 Å². The van der Waals surface area contributed by atoms with Gasteiger partial charge in [0.2, 0.25) is 0 Å². The summed E-state index contributed by atoms with van der Waals surface area (Å²) >= 11 is 0. The van der Waals surface area contributed by atoms with Crippen LogP contribution in [-0.4, -0.2) is 46.6 Å². The fourth-order valence-electron chi connectivity index (χ4n) is 3.74. The van der Waals surface area contributed by atoms with E-state index in [0.717, 1.165) is 5.92 Å². The Bertz CT molecular complexity index is 414. The van der Waals surface area contributed by atoms with Crippen LogP contribution in [0.2, 0.25) is 0 Å². The van der Waals surface area contributed by atoms with E-state index in [1.54, 1.807) is 0 Å². The number of nitrogens with zero attached hydrogens (tertiary/aromatic N) is 4. The third kappa shape index (κ3) is 2.54. The van der Waals surface area contributed by atoms with Gasteiger partial charge in [0.05, 0.1) is 17.9 Å². The van der Waals surface area contributed by atoms with Crippen LogP contribution in [0.3, 0.4) is 0 Å². The molecule has 1 aromatic heterocycles. The first kappa shape index (κ1) is 14.5. The van der Waals surface area contributed by atoms with Crippen molar-refractivity contribution in [2.24, 2.45) is 13.0 Å². The maximum atomic E-state index is 4.10. The lowest BCUT2D eigenvalue weighted by Gasteiger charge is -2.50. The molecule has 1 heterocycles. The molecule has 5 nitrogen and oxygen atoms in total. The molecule has 3 unspecified atom stereocenters. The summed E-state index contributed by atoms with van der Waals surface area (Å²) in [7, 11) is 8.42. The second kappa shape index (κ2) is 5.59. The predicted molar refractivity (Wildman–Crippen MR) is 76.9 cm³/mol. The Hall–Kier alpha value is -0.940. The molecule has 1 aliphatic rings. The van der Waals surface area contributed by atoms with Crippen LogP contribution in [0.4, 0.5) is 0 Å². The first-order chi connectivity index (χ1) is 9.01. The van der Waals surface area contributed by atoms with Crippen molar-refractivity contribution in [3.05, 3.63) is 11.9 Å². The van der Waals surface area contributed by atoms with Crippen molar-refractivity contribution in [1.29, 1.82) is 0 Å². The number of aromatic nitrogens is 3. The van der Waals surface area contributed by atoms with Crippen LogP contribution in [0.1, 0.15) is 44.3 Å². The van der Waals surface area contributed by atoms with Crippen molar-refractivity contribution in [3.8, 4) is 0 Å². The lowest BCUT2D eigenvalue weighted by Crippen LogP contribution is -2.55. The first-order valence-corrected chi connectivity index (χ1v) is 7.20. The highest BCUT2D eigenvalue weighted by Gasteiger charge is 2.44. The summed E-state index contributed by atoms with van der Waals surface area (Å²) in [5.41, 5.74) is 1.33. The Morgan fingerprint density at radius 2 is 2.26 bits per heavy atom. The molecule has 1 saturated carbocycles. The normalized spacial score (nSPS) is 29.7. The number of hydrogen-bond acceptors (Lipinski definition) is 4. The van der Waals surface area contributed by atoms with Crippen molar-refractivity contribution in [2.45, 2.75) is 44.2 Å². The fourth-order valence-corrected chi connectivity index (χ4v) is 3.74. The maximum Gasteiger partial charge on any atom is 0.0772 e. The zero-order valence-electron chi connectivity index (χ0n) is 12.8. The molecular formula is C14H27N5. The fraction of sp³-hybridized carbons (Fsp3) is 0.857. The van der Waals surface area contributed by atoms with E-state index in [-0.39, 0.29) is 11.6 Å². The Kier molecular flexibility index (Phi) is 4.26. The molecule has 1 fully saturated rings. The molecule has 0 aliphatic heterocycles. The van der Waals surface area contributed by atoms with Gasteiger partial charge >= 0.3 is 0 Å². The summed E-state index contributed by atoms with van der Waals surface area (Å²) in [6.45, 7) is 2.37. The number of rotatable bonds is 4. The summed E-state index contributed by atoms with van der Waals surface area (Å²) in [4.78, 5) is 2.40. The molecule has 0 spiro atoms. The summed E-state index contributed by atoms with van der Waals surface area (Å²) < 4.78 is 1.89. The molecule has 5 heteroatoms. The smallest absolute Gasteiger partial charge is 0.0772 e. The predicted octanol–water partition coefficient (Wildman–Crippen LogP) is 1.59. The second-order valence-electron chi connectivity index (χ2n) is 6.20. The van der Waals surface area contributed by atoms with E-state index in [4.69, 9.17) is 0 Å². The van der Waals surface area contributed by atoms with Gasteiger partial charge < -0.3 is 10.2 Å². The van der Waals surface area contributed by atoms with Gasteiger partial charge in [-0.25, -0.2) is 0 Å². The maximum absolute atomic E-state index is 4.10. The van der Waals surface area contributed by atoms with Gasteiger partial charge in [-0.2, -0.15) is 0 Å². The Morgan fingerprint density at radius 3 is 2.74 bits per heavy atom. The summed E-state index contributed by atoms with van der Waals surface area (Å²) in [5.74, 6) is 0.771. The van der Waals surface area contributed by atoms with Crippen LogP contribution in [-0.2, 0) is 7.05 Å². The van der Waals surface area contributed by atoms with Crippen LogP contribution in [0.15, 0.2) is 6.20 Å². The molecule has 108 valence electrons. The summed E-state index contributed by atoms with van der Waals surface area (Å²) in [6, 6.07) is 0.269. The average Bonchev–Trinajstić information content (AvgIpc) is 2.76. The Labute approximate surface area is 116 Å². The molecule has 0 saturated heterocycles. The minimum atomic E-state index is 0.155. The van der Waals surface area contributed by atoms with Gasteiger partial charge in [-0.1, -0.05) is 25.0 Å². The quantitative estimate of drug-likeness (QED) is 0.898. The van der Waals surface area contributed by atoms with Crippen molar-refractivity contribution in [1.82, 2.24) is 25.2 Å². The van der Waals surface area contributed by atoms with E-state index >= 15 is 0 Å². The number of aryl methyl sites for hydroxylation is 1. The third-order valence-electron chi connectivity index (χ3n) is 4.77. The molecule has 0 bridgehead atoms. The van der Waals surface area contributed by atoms with Crippen LogP contribution in [0.25, 0.3) is 0 Å². The van der Waals surface area contributed by atoms with Gasteiger partial charge in [-0.05, 0) is 39.9 Å². The zero-order valence-corrected chi connectivity index (χ0v) is 12.8. The largest absolute Gasteiger partial charge is 0.310 e. The molecular weight excluding hydrogens is 238 g/mol. The van der Waals surface area contributed by atoms with Crippen molar-refractivity contribution in [2.75, 3.05) is 21.1 Å². The number of nitrogens with one attached hydrogen (secondary N) is 1. The van der Waals surface area contributed by atoms with Crippen LogP contribution in [0, 0.1) is 5.92 Å². The first-order valence-electron chi connectivity index (χ1n) is 7.20. The lowest BCUT2D eigenvalue weighted by molar-refractivity contribution is 0.0366. The topological polar surface area (TPSA) is 46.0 Å². The molecule has 0 radical (unpaired) electrons. The van der Waals surface area contributed by atoms with Crippen molar-refractivity contribution >= 4 is 0 Å². The summed E-state index contributed by atoms with van der Waals surface area (Å²) in [5, 5.41) is 11.7. The highest BCUT2D eigenvalue weighted by Crippen LogP contribution is 2.43. The minimum Gasteiger partial charge on any atom is -0.310 e. The second-order valence-corrected chi connectivity index (χ2v) is 6.20. The van der Waals surface area contributed by atoms with Crippen molar-refractivity contribution in [3.63, 3.8) is 0 Å². The molecule has 1 aromatic rings. The number of hydrogen-bond donors (Lipinski definition) is 1. The lowest BCUT2D eigenvalue weighted by atomic mass is 9.70. The monoisotopic (exact) mass is 265 g/mol. The van der Waals surface area contributed by atoms with Gasteiger partial charge in [-0.15, -0.1) is 5.10 Å². The number of likely N-dealkylation sites (N-methyl/N-ethyl adjacent to an activating group) is 2. The Balaban J connectivity index is 2.39. The molecule has 0 amide bonds. The van der Waals surface area contributed by atoms with Crippen LogP contribution >= 0.6 is 0 Å². The van der Waals surface area contributed by atoms with Crippen LogP contribution in [0.5, 0.6) is 0 Å². The average molecular weight is 265 g/mol. The highest BCUT2D eigenvalue weighted by molar-refractivity contribution is 5.14. The van der Waals surface area contributed by atoms with E-state index < -0.39 is 0 Å². The van der Waals surface area contributed by atoms with Gasteiger partial charge in [-0.3, -0.25) is 4.68 Å². The molecule has 3 atom stereocenters. The standard InChI is InChI=1S/C14H27N5/c1-11-7-6-8-14(9-11,18(3)4)13(15-2)12-10-16-17-19(12)5/h10-11,13,15H,6-9H2,1-5H3. The molecule has 1 aliphatic carbocycles. The van der Waals surface area contributed by atoms with E-state index in [9.17, 15) is 0 Å². The van der Waals surface area contributed by atoms with E-state index in [2.05, 4.69) is 41.5 Å². The van der Waals surface area contributed by atoms with Gasteiger partial charge in [0, 0.05) is 12.6 Å². The van der Waals surface area contributed by atoms with E-state index in [1.807, 2.05) is 25.0 Å². The van der Waals surface area contributed by atoms with E-state index in [1.165, 1.54) is 31.4 Å². The molecule has 2 rings (SSSR count). The van der Waals surface area contributed by atoms with Crippen molar-refractivity contribution < 1.29 is 0 Å². The zero-order chi connectivity index (χ0) is 14.0. The van der Waals surface area contributed by atoms with Gasteiger partial charge in [0.1, 0.15) is 0 Å².